The Morgan fingerprint density at radius 3 is 2.55 bits per heavy atom. The highest BCUT2D eigenvalue weighted by atomic mass is 16.5. The van der Waals surface area contributed by atoms with Crippen LogP contribution in [0.1, 0.15) is 59.8 Å². The molecular weight excluding hydrogens is 392 g/mol. The van der Waals surface area contributed by atoms with E-state index in [1.165, 1.54) is 0 Å². The predicted octanol–water partition coefficient (Wildman–Crippen LogP) is 3.88. The third kappa shape index (κ3) is 3.75. The van der Waals surface area contributed by atoms with Gasteiger partial charge in [0.1, 0.15) is 6.04 Å². The van der Waals surface area contributed by atoms with Crippen LogP contribution in [0, 0.1) is 5.92 Å². The van der Waals surface area contributed by atoms with Crippen LogP contribution >= 0.6 is 0 Å². The fourth-order valence-electron chi connectivity index (χ4n) is 4.77. The molecule has 0 spiro atoms. The van der Waals surface area contributed by atoms with Crippen LogP contribution in [0.5, 0.6) is 11.5 Å². The number of aryl methyl sites for hydroxylation is 1. The molecule has 1 aliphatic heterocycles. The molecule has 164 valence electrons. The van der Waals surface area contributed by atoms with E-state index >= 15 is 0 Å². The van der Waals surface area contributed by atoms with E-state index in [9.17, 15) is 9.59 Å². The zero-order valence-corrected chi connectivity index (χ0v) is 18.6. The van der Waals surface area contributed by atoms with Crippen molar-refractivity contribution in [2.45, 2.75) is 51.7 Å². The van der Waals surface area contributed by atoms with Gasteiger partial charge in [0, 0.05) is 12.1 Å². The van der Waals surface area contributed by atoms with Crippen LogP contribution in [-0.2, 0) is 17.8 Å². The summed E-state index contributed by atoms with van der Waals surface area (Å²) in [6.07, 6.45) is 2.49. The van der Waals surface area contributed by atoms with Crippen LogP contribution < -0.4 is 14.8 Å². The number of ether oxygens (including phenoxy) is 2. The van der Waals surface area contributed by atoms with Gasteiger partial charge in [-0.2, -0.15) is 0 Å². The maximum Gasteiger partial charge on any atom is 0.255 e. The molecule has 0 saturated heterocycles. The Kier molecular flexibility index (Phi) is 5.90. The molecule has 2 aromatic carbocycles. The van der Waals surface area contributed by atoms with Crippen LogP contribution in [-0.4, -0.2) is 37.0 Å². The quantitative estimate of drug-likeness (QED) is 0.735. The van der Waals surface area contributed by atoms with Gasteiger partial charge < -0.3 is 19.7 Å². The summed E-state index contributed by atoms with van der Waals surface area (Å²) in [6.45, 7) is 4.57. The smallest absolute Gasteiger partial charge is 0.255 e. The van der Waals surface area contributed by atoms with Gasteiger partial charge in [-0.1, -0.05) is 38.5 Å². The number of carbonyl (C=O) groups is 2. The summed E-state index contributed by atoms with van der Waals surface area (Å²) in [6, 6.07) is 11.0. The van der Waals surface area contributed by atoms with Gasteiger partial charge in [-0.25, -0.2) is 0 Å². The molecule has 0 fully saturated rings. The largest absolute Gasteiger partial charge is 0.493 e. The van der Waals surface area contributed by atoms with Crippen molar-refractivity contribution in [1.82, 2.24) is 10.2 Å². The topological polar surface area (TPSA) is 67.9 Å². The van der Waals surface area contributed by atoms with Crippen LogP contribution in [0.15, 0.2) is 36.4 Å². The van der Waals surface area contributed by atoms with Crippen LogP contribution in [0.4, 0.5) is 0 Å². The number of nitrogens with zero attached hydrogens (tertiary/aromatic N) is 1. The highest BCUT2D eigenvalue weighted by Gasteiger charge is 2.40. The number of amides is 2. The molecule has 0 bridgehead atoms. The Bertz CT molecular complexity index is 1000. The first-order valence-corrected chi connectivity index (χ1v) is 10.9. The van der Waals surface area contributed by atoms with Gasteiger partial charge in [-0.15, -0.1) is 0 Å². The number of fused-ring (bicyclic) bond motifs is 2. The molecule has 31 heavy (non-hydrogen) atoms. The summed E-state index contributed by atoms with van der Waals surface area (Å²) in [4.78, 5) is 28.3. The van der Waals surface area contributed by atoms with Crippen molar-refractivity contribution in [2.24, 2.45) is 5.92 Å². The number of carbonyl (C=O) groups excluding carboxylic acids is 2. The average molecular weight is 423 g/mol. The number of rotatable bonds is 7. The van der Waals surface area contributed by atoms with Crippen molar-refractivity contribution in [2.75, 3.05) is 14.2 Å². The molecule has 4 rings (SSSR count). The minimum Gasteiger partial charge on any atom is -0.493 e. The molecule has 6 heteroatoms. The number of benzene rings is 2. The van der Waals surface area contributed by atoms with E-state index in [1.807, 2.05) is 43.3 Å². The van der Waals surface area contributed by atoms with E-state index in [0.717, 1.165) is 36.0 Å². The summed E-state index contributed by atoms with van der Waals surface area (Å²) in [5.74, 6) is 1.25. The summed E-state index contributed by atoms with van der Waals surface area (Å²) in [5, 5.41) is 3.23. The molecule has 0 radical (unpaired) electrons. The molecule has 2 amide bonds. The summed E-state index contributed by atoms with van der Waals surface area (Å²) in [5.41, 5.74) is 3.90. The molecule has 0 aromatic heterocycles. The van der Waals surface area contributed by atoms with Gasteiger partial charge in [0.2, 0.25) is 5.91 Å². The fourth-order valence-corrected chi connectivity index (χ4v) is 4.77. The Morgan fingerprint density at radius 1 is 1.16 bits per heavy atom. The lowest BCUT2D eigenvalue weighted by molar-refractivity contribution is -0.128. The first-order valence-electron chi connectivity index (χ1n) is 10.9. The minimum atomic E-state index is -0.505. The van der Waals surface area contributed by atoms with Crippen molar-refractivity contribution in [1.29, 1.82) is 0 Å². The van der Waals surface area contributed by atoms with Crippen LogP contribution in [0.25, 0.3) is 0 Å². The molecule has 0 unspecified atom stereocenters. The van der Waals surface area contributed by atoms with Gasteiger partial charge in [0.05, 0.1) is 20.3 Å². The standard InChI is InChI=1S/C25H30N2O4/c1-5-15(2)23(27-14-17-8-6-7-9-18(17)25(27)29)24(28)26-20-11-10-16-12-21(30-3)22(31-4)13-19(16)20/h6-9,12-13,15,20,23H,5,10-11,14H2,1-4H3,(H,26,28)/t15-,20+,23+/m1/s1. The molecule has 1 aliphatic carbocycles. The van der Waals surface area contributed by atoms with Gasteiger partial charge in [0.25, 0.3) is 5.91 Å². The van der Waals surface area contributed by atoms with Gasteiger partial charge in [0.15, 0.2) is 11.5 Å². The van der Waals surface area contributed by atoms with E-state index < -0.39 is 6.04 Å². The Hall–Kier alpha value is -3.02. The minimum absolute atomic E-state index is 0.0459. The highest BCUT2D eigenvalue weighted by molar-refractivity contribution is 6.01. The molecule has 0 saturated carbocycles. The zero-order valence-electron chi connectivity index (χ0n) is 18.6. The molecule has 2 aromatic rings. The molecular formula is C25H30N2O4. The summed E-state index contributed by atoms with van der Waals surface area (Å²) in [7, 11) is 3.24. The summed E-state index contributed by atoms with van der Waals surface area (Å²) < 4.78 is 10.9. The van der Waals surface area contributed by atoms with Gasteiger partial charge in [-0.3, -0.25) is 9.59 Å². The summed E-state index contributed by atoms with van der Waals surface area (Å²) >= 11 is 0. The number of hydrogen-bond donors (Lipinski definition) is 1. The lowest BCUT2D eigenvalue weighted by Gasteiger charge is -2.32. The van der Waals surface area contributed by atoms with Crippen LogP contribution in [0.2, 0.25) is 0 Å². The van der Waals surface area contributed by atoms with Gasteiger partial charge in [-0.05, 0) is 53.6 Å². The second-order valence-electron chi connectivity index (χ2n) is 8.43. The Labute approximate surface area is 183 Å². The third-order valence-corrected chi connectivity index (χ3v) is 6.68. The normalized spacial score (nSPS) is 18.9. The van der Waals surface area contributed by atoms with Gasteiger partial charge >= 0.3 is 0 Å². The van der Waals surface area contributed by atoms with Crippen molar-refractivity contribution >= 4 is 11.8 Å². The lowest BCUT2D eigenvalue weighted by atomic mass is 9.96. The second-order valence-corrected chi connectivity index (χ2v) is 8.43. The lowest BCUT2D eigenvalue weighted by Crippen LogP contribution is -2.51. The Morgan fingerprint density at radius 2 is 1.87 bits per heavy atom. The van der Waals surface area contributed by atoms with Crippen molar-refractivity contribution in [3.63, 3.8) is 0 Å². The average Bonchev–Trinajstić information content (AvgIpc) is 3.33. The SMILES string of the molecule is CC[C@@H](C)[C@@H](C(=O)N[C@H]1CCc2cc(OC)c(OC)cc21)N1Cc2ccccc2C1=O. The predicted molar refractivity (Wildman–Crippen MR) is 118 cm³/mol. The molecule has 1 heterocycles. The molecule has 3 atom stereocenters. The first-order chi connectivity index (χ1) is 15.0. The number of hydrogen-bond acceptors (Lipinski definition) is 4. The maximum absolute atomic E-state index is 13.5. The van der Waals surface area contributed by atoms with E-state index in [-0.39, 0.29) is 23.8 Å². The maximum atomic E-state index is 13.5. The second kappa shape index (κ2) is 8.61. The third-order valence-electron chi connectivity index (χ3n) is 6.68. The highest BCUT2D eigenvalue weighted by Crippen LogP contribution is 2.39. The van der Waals surface area contributed by atoms with Crippen molar-refractivity contribution < 1.29 is 19.1 Å². The van der Waals surface area contributed by atoms with Crippen molar-refractivity contribution in [3.8, 4) is 11.5 Å². The monoisotopic (exact) mass is 422 g/mol. The number of nitrogens with one attached hydrogen (secondary N) is 1. The zero-order chi connectivity index (χ0) is 22.1. The van der Waals surface area contributed by atoms with E-state index in [4.69, 9.17) is 9.47 Å². The van der Waals surface area contributed by atoms with E-state index in [1.54, 1.807) is 19.1 Å². The Balaban J connectivity index is 1.58. The molecule has 1 N–H and O–H groups in total. The fraction of sp³-hybridized carbons (Fsp3) is 0.440. The van der Waals surface area contributed by atoms with E-state index in [0.29, 0.717) is 23.6 Å². The van der Waals surface area contributed by atoms with Crippen LogP contribution in [0.3, 0.4) is 0 Å². The first kappa shape index (κ1) is 21.2. The number of methoxy groups -OCH3 is 2. The molecule has 6 nitrogen and oxygen atoms in total. The molecule has 2 aliphatic rings. The van der Waals surface area contributed by atoms with Crippen molar-refractivity contribution in [3.05, 3.63) is 58.7 Å². The van der Waals surface area contributed by atoms with E-state index in [2.05, 4.69) is 12.2 Å².